The van der Waals surface area contributed by atoms with Crippen LogP contribution in [0.15, 0.2) is 12.8 Å². The van der Waals surface area contributed by atoms with E-state index in [4.69, 9.17) is 0 Å². The molecule has 0 aliphatic rings. The molecule has 0 aromatic rings. The maximum Gasteiger partial charge on any atom is 0.394 e. The zero-order valence-corrected chi connectivity index (χ0v) is 5.85. The van der Waals surface area contributed by atoms with E-state index in [-0.39, 0.29) is 6.03 Å². The highest BCUT2D eigenvalue weighted by Gasteiger charge is 2.06. The molecular formula is C6H12N2O. The quantitative estimate of drug-likeness (QED) is 0.472. The summed E-state index contributed by atoms with van der Waals surface area (Å²) >= 11 is 0. The molecule has 1 atom stereocenters. The minimum Gasteiger partial charge on any atom is -0.386 e. The third-order valence-electron chi connectivity index (χ3n) is 0.959. The van der Waals surface area contributed by atoms with Crippen LogP contribution >= 0.6 is 0 Å². The lowest BCUT2D eigenvalue weighted by atomic mass is 10.7. The predicted molar refractivity (Wildman–Crippen MR) is 35.6 cm³/mol. The number of amides is 2. The van der Waals surface area contributed by atoms with Gasteiger partial charge in [-0.3, -0.25) is 4.90 Å². The molecule has 0 aromatic heterocycles. The molecule has 0 bridgehead atoms. The molecule has 0 aliphatic carbocycles. The van der Waals surface area contributed by atoms with Crippen molar-refractivity contribution in [2.75, 3.05) is 14.1 Å². The summed E-state index contributed by atoms with van der Waals surface area (Å²) in [5.74, 6) is 0. The zero-order chi connectivity index (χ0) is 7.44. The molecule has 3 nitrogen and oxygen atoms in total. The fourth-order valence-electron chi connectivity index (χ4n) is 0.384. The van der Waals surface area contributed by atoms with Gasteiger partial charge in [0.15, 0.2) is 0 Å². The number of nitrogens with one attached hydrogen (secondary N) is 1. The van der Waals surface area contributed by atoms with E-state index in [1.807, 2.05) is 0 Å². The first kappa shape index (κ1) is 8.17. The van der Waals surface area contributed by atoms with Gasteiger partial charge in [0, 0.05) is 13.2 Å². The molecule has 0 spiro atoms. The fourth-order valence-corrected chi connectivity index (χ4v) is 0.384. The van der Waals surface area contributed by atoms with Crippen molar-refractivity contribution < 1.29 is 9.69 Å². The van der Waals surface area contributed by atoms with Crippen LogP contribution in [-0.2, 0) is 0 Å². The lowest BCUT2D eigenvalue weighted by molar-refractivity contribution is -0.744. The highest BCUT2D eigenvalue weighted by Crippen LogP contribution is 1.76. The monoisotopic (exact) mass is 128 g/mol. The van der Waals surface area contributed by atoms with Crippen molar-refractivity contribution in [1.82, 2.24) is 4.90 Å². The first-order valence-corrected chi connectivity index (χ1v) is 2.64. The van der Waals surface area contributed by atoms with E-state index in [0.717, 1.165) is 0 Å². The third kappa shape index (κ3) is 2.28. The van der Waals surface area contributed by atoms with Gasteiger partial charge in [0.2, 0.25) is 0 Å². The number of urea groups is 1. The Morgan fingerprint density at radius 2 is 2.33 bits per heavy atom. The van der Waals surface area contributed by atoms with Gasteiger partial charge in [-0.25, -0.2) is 4.79 Å². The predicted octanol–water partition coefficient (Wildman–Crippen LogP) is -0.512. The molecular weight excluding hydrogens is 116 g/mol. The van der Waals surface area contributed by atoms with Crippen LogP contribution in [-0.4, -0.2) is 25.0 Å². The maximum atomic E-state index is 10.8. The smallest absolute Gasteiger partial charge is 0.386 e. The number of rotatable bonds is 1. The Hall–Kier alpha value is -0.830. The number of carbonyl (C=O) groups excluding carboxylic acids is 1. The maximum absolute atomic E-state index is 10.8. The van der Waals surface area contributed by atoms with Crippen molar-refractivity contribution in [3.63, 3.8) is 0 Å². The SMILES string of the molecule is C=CN(C)C(=O)[NH+]([CH2-])C. The summed E-state index contributed by atoms with van der Waals surface area (Å²) in [6.45, 7) is 3.43. The summed E-state index contributed by atoms with van der Waals surface area (Å²) < 4.78 is 0. The molecule has 1 N–H and O–H groups in total. The summed E-state index contributed by atoms with van der Waals surface area (Å²) in [6, 6.07) is -0.0926. The lowest BCUT2D eigenvalue weighted by Crippen LogP contribution is -3.07. The van der Waals surface area contributed by atoms with E-state index in [0.29, 0.717) is 4.90 Å². The van der Waals surface area contributed by atoms with Crippen molar-refractivity contribution in [1.29, 1.82) is 0 Å². The molecule has 2 amide bonds. The van der Waals surface area contributed by atoms with Crippen molar-refractivity contribution in [2.45, 2.75) is 0 Å². The summed E-state index contributed by atoms with van der Waals surface area (Å²) in [7, 11) is 6.80. The second-order valence-corrected chi connectivity index (χ2v) is 1.88. The summed E-state index contributed by atoms with van der Waals surface area (Å²) in [4.78, 5) is 12.7. The van der Waals surface area contributed by atoms with Crippen LogP contribution in [0.4, 0.5) is 4.79 Å². The van der Waals surface area contributed by atoms with E-state index in [9.17, 15) is 4.79 Å². The van der Waals surface area contributed by atoms with Crippen molar-refractivity contribution in [2.24, 2.45) is 0 Å². The first-order chi connectivity index (χ1) is 4.09. The largest absolute Gasteiger partial charge is 0.394 e. The average Bonchev–Trinajstić information content (AvgIpc) is 1.84. The standard InChI is InChI=1S/C6H12N2O/c1-5-8(4)6(9)7(2)3/h5,7H,1-2H2,3-4H3. The van der Waals surface area contributed by atoms with Crippen molar-refractivity contribution >= 4 is 6.03 Å². The molecule has 9 heavy (non-hydrogen) atoms. The number of nitrogens with zero attached hydrogens (tertiary/aromatic N) is 1. The normalized spacial score (nSPS) is 12.3. The molecule has 0 radical (unpaired) electrons. The molecule has 0 aromatic carbocycles. The molecule has 0 aliphatic heterocycles. The Morgan fingerprint density at radius 1 is 1.89 bits per heavy atom. The molecule has 1 unspecified atom stereocenters. The molecule has 0 rings (SSSR count). The van der Waals surface area contributed by atoms with E-state index in [1.54, 1.807) is 14.1 Å². The third-order valence-corrected chi connectivity index (χ3v) is 0.959. The van der Waals surface area contributed by atoms with Gasteiger partial charge in [-0.1, -0.05) is 6.58 Å². The van der Waals surface area contributed by atoms with Crippen LogP contribution in [0.5, 0.6) is 0 Å². The van der Waals surface area contributed by atoms with Gasteiger partial charge in [-0.05, 0) is 0 Å². The van der Waals surface area contributed by atoms with Gasteiger partial charge in [0.25, 0.3) is 0 Å². The van der Waals surface area contributed by atoms with Crippen molar-refractivity contribution in [3.8, 4) is 0 Å². The second kappa shape index (κ2) is 3.25. The van der Waals surface area contributed by atoms with Crippen molar-refractivity contribution in [3.05, 3.63) is 19.8 Å². The minimum atomic E-state index is -0.0926. The van der Waals surface area contributed by atoms with Crippen LogP contribution in [0, 0.1) is 7.05 Å². The van der Waals surface area contributed by atoms with Crippen LogP contribution in [0.25, 0.3) is 0 Å². The second-order valence-electron chi connectivity index (χ2n) is 1.88. The minimum absolute atomic E-state index is 0.0926. The van der Waals surface area contributed by atoms with E-state index >= 15 is 0 Å². The average molecular weight is 128 g/mol. The Bertz CT molecular complexity index is 120. The fraction of sp³-hybridized carbons (Fsp3) is 0.333. The molecule has 0 heterocycles. The Labute approximate surface area is 55.6 Å². The van der Waals surface area contributed by atoms with Gasteiger partial charge in [0.05, 0.1) is 7.05 Å². The van der Waals surface area contributed by atoms with Gasteiger partial charge in [0.1, 0.15) is 0 Å². The summed E-state index contributed by atoms with van der Waals surface area (Å²) in [6.07, 6.45) is 1.46. The highest BCUT2D eigenvalue weighted by molar-refractivity contribution is 5.65. The Morgan fingerprint density at radius 3 is 2.44 bits per heavy atom. The topological polar surface area (TPSA) is 24.8 Å². The van der Waals surface area contributed by atoms with E-state index < -0.39 is 0 Å². The number of hydrogen-bond donors (Lipinski definition) is 1. The van der Waals surface area contributed by atoms with E-state index in [2.05, 4.69) is 13.6 Å². The molecule has 0 saturated heterocycles. The Kier molecular flexibility index (Phi) is 2.95. The lowest BCUT2D eigenvalue weighted by Gasteiger charge is -2.16. The number of hydrogen-bond acceptors (Lipinski definition) is 1. The van der Waals surface area contributed by atoms with E-state index in [1.165, 1.54) is 11.1 Å². The molecule has 0 saturated carbocycles. The van der Waals surface area contributed by atoms with Crippen LogP contribution in [0.2, 0.25) is 0 Å². The molecule has 52 valence electrons. The Balaban J connectivity index is 3.87. The van der Waals surface area contributed by atoms with Gasteiger partial charge < -0.3 is 4.90 Å². The molecule has 0 fully saturated rings. The first-order valence-electron chi connectivity index (χ1n) is 2.64. The van der Waals surface area contributed by atoms with Gasteiger partial charge >= 0.3 is 6.03 Å². The number of carbonyl (C=O) groups is 1. The molecule has 3 heteroatoms. The summed E-state index contributed by atoms with van der Waals surface area (Å²) in [5.41, 5.74) is 0. The van der Waals surface area contributed by atoms with Gasteiger partial charge in [-0.2, -0.15) is 0 Å². The van der Waals surface area contributed by atoms with Crippen LogP contribution < -0.4 is 4.90 Å². The highest BCUT2D eigenvalue weighted by atomic mass is 16.2. The van der Waals surface area contributed by atoms with Gasteiger partial charge in [-0.15, -0.1) is 7.05 Å². The van der Waals surface area contributed by atoms with Crippen LogP contribution in [0.1, 0.15) is 0 Å². The summed E-state index contributed by atoms with van der Waals surface area (Å²) in [5, 5.41) is 0. The zero-order valence-electron chi connectivity index (χ0n) is 5.85. The van der Waals surface area contributed by atoms with Crippen LogP contribution in [0.3, 0.4) is 0 Å². The number of quaternary nitrogens is 1.